The lowest BCUT2D eigenvalue weighted by Gasteiger charge is -2.19. The SMILES string of the molecule is CC(C)(C)c1cnc(C2CC2)c(C=O)c1. The molecule has 0 atom stereocenters. The molecule has 1 aliphatic carbocycles. The normalized spacial score (nSPS) is 16.5. The average molecular weight is 203 g/mol. The van der Waals surface area contributed by atoms with E-state index in [0.717, 1.165) is 23.1 Å². The summed E-state index contributed by atoms with van der Waals surface area (Å²) in [4.78, 5) is 15.4. The van der Waals surface area contributed by atoms with Gasteiger partial charge in [0.2, 0.25) is 0 Å². The third-order valence-electron chi connectivity index (χ3n) is 2.91. The van der Waals surface area contributed by atoms with Crippen LogP contribution in [-0.4, -0.2) is 11.3 Å². The van der Waals surface area contributed by atoms with Gasteiger partial charge >= 0.3 is 0 Å². The van der Waals surface area contributed by atoms with Gasteiger partial charge in [-0.2, -0.15) is 0 Å². The summed E-state index contributed by atoms with van der Waals surface area (Å²) in [6, 6.07) is 1.99. The molecule has 0 spiro atoms. The molecule has 0 amide bonds. The van der Waals surface area contributed by atoms with Gasteiger partial charge in [-0.15, -0.1) is 0 Å². The number of hydrogen-bond donors (Lipinski definition) is 0. The van der Waals surface area contributed by atoms with Crippen LogP contribution in [0.15, 0.2) is 12.3 Å². The van der Waals surface area contributed by atoms with Crippen molar-refractivity contribution in [2.45, 2.75) is 44.9 Å². The Balaban J connectivity index is 2.42. The second-order valence-corrected chi connectivity index (χ2v) is 5.34. The minimum absolute atomic E-state index is 0.0623. The number of hydrogen-bond acceptors (Lipinski definition) is 2. The molecule has 0 bridgehead atoms. The van der Waals surface area contributed by atoms with Gasteiger partial charge in [-0.1, -0.05) is 20.8 Å². The maximum Gasteiger partial charge on any atom is 0.151 e. The third kappa shape index (κ3) is 2.09. The van der Waals surface area contributed by atoms with Crippen molar-refractivity contribution in [1.82, 2.24) is 4.98 Å². The first kappa shape index (κ1) is 10.3. The fraction of sp³-hybridized carbons (Fsp3) is 0.538. The second kappa shape index (κ2) is 3.44. The number of pyridine rings is 1. The largest absolute Gasteiger partial charge is 0.298 e. The molecule has 1 fully saturated rings. The lowest BCUT2D eigenvalue weighted by Crippen LogP contribution is -2.13. The third-order valence-corrected chi connectivity index (χ3v) is 2.91. The van der Waals surface area contributed by atoms with Crippen LogP contribution in [0, 0.1) is 0 Å². The van der Waals surface area contributed by atoms with E-state index in [2.05, 4.69) is 25.8 Å². The monoisotopic (exact) mass is 203 g/mol. The summed E-state index contributed by atoms with van der Waals surface area (Å²) in [6.45, 7) is 6.40. The molecule has 0 aliphatic heterocycles. The standard InChI is InChI=1S/C13H17NO/c1-13(2,3)11-6-10(8-15)12(14-7-11)9-4-5-9/h6-9H,4-5H2,1-3H3. The Labute approximate surface area is 90.7 Å². The van der Waals surface area contributed by atoms with Crippen molar-refractivity contribution in [3.05, 3.63) is 29.1 Å². The van der Waals surface area contributed by atoms with Crippen LogP contribution in [0.25, 0.3) is 0 Å². The number of aromatic nitrogens is 1. The van der Waals surface area contributed by atoms with Gasteiger partial charge in [0.25, 0.3) is 0 Å². The molecule has 1 saturated carbocycles. The zero-order valence-corrected chi connectivity index (χ0v) is 9.58. The number of carbonyl (C=O) groups is 1. The van der Waals surface area contributed by atoms with E-state index in [0.29, 0.717) is 5.92 Å². The van der Waals surface area contributed by atoms with Crippen molar-refractivity contribution in [1.29, 1.82) is 0 Å². The second-order valence-electron chi connectivity index (χ2n) is 5.34. The van der Waals surface area contributed by atoms with E-state index in [9.17, 15) is 4.79 Å². The molecule has 0 saturated heterocycles. The minimum Gasteiger partial charge on any atom is -0.298 e. The van der Waals surface area contributed by atoms with Crippen LogP contribution in [0.5, 0.6) is 0 Å². The fourth-order valence-corrected chi connectivity index (χ4v) is 1.69. The molecule has 0 aromatic carbocycles. The van der Waals surface area contributed by atoms with Crippen LogP contribution >= 0.6 is 0 Å². The van der Waals surface area contributed by atoms with E-state index in [4.69, 9.17) is 0 Å². The smallest absolute Gasteiger partial charge is 0.151 e. The predicted molar refractivity (Wildman–Crippen MR) is 60.3 cm³/mol. The van der Waals surface area contributed by atoms with Crippen LogP contribution in [-0.2, 0) is 5.41 Å². The van der Waals surface area contributed by atoms with Crippen molar-refractivity contribution >= 4 is 6.29 Å². The lowest BCUT2D eigenvalue weighted by atomic mass is 9.87. The highest BCUT2D eigenvalue weighted by atomic mass is 16.1. The van der Waals surface area contributed by atoms with E-state index in [1.54, 1.807) is 0 Å². The van der Waals surface area contributed by atoms with Crippen LogP contribution in [0.4, 0.5) is 0 Å². The van der Waals surface area contributed by atoms with E-state index < -0.39 is 0 Å². The van der Waals surface area contributed by atoms with Crippen LogP contribution in [0.1, 0.15) is 61.1 Å². The predicted octanol–water partition coefficient (Wildman–Crippen LogP) is 3.07. The molecule has 1 aromatic heterocycles. The van der Waals surface area contributed by atoms with Crippen LogP contribution in [0.2, 0.25) is 0 Å². The van der Waals surface area contributed by atoms with Gasteiger partial charge in [0.15, 0.2) is 6.29 Å². The van der Waals surface area contributed by atoms with Crippen molar-refractivity contribution in [2.24, 2.45) is 0 Å². The number of rotatable bonds is 2. The number of nitrogens with zero attached hydrogens (tertiary/aromatic N) is 1. The van der Waals surface area contributed by atoms with Gasteiger partial charge in [-0.05, 0) is 29.9 Å². The lowest BCUT2D eigenvalue weighted by molar-refractivity contribution is 0.112. The molecule has 1 aliphatic rings. The highest BCUT2D eigenvalue weighted by Gasteiger charge is 2.28. The van der Waals surface area contributed by atoms with Gasteiger partial charge in [-0.3, -0.25) is 9.78 Å². The highest BCUT2D eigenvalue weighted by Crippen LogP contribution is 2.40. The molecular weight excluding hydrogens is 186 g/mol. The summed E-state index contributed by atoms with van der Waals surface area (Å²) in [5.41, 5.74) is 2.98. The summed E-state index contributed by atoms with van der Waals surface area (Å²) in [5.74, 6) is 0.541. The summed E-state index contributed by atoms with van der Waals surface area (Å²) in [7, 11) is 0. The van der Waals surface area contributed by atoms with Crippen molar-refractivity contribution < 1.29 is 4.79 Å². The first-order valence-corrected chi connectivity index (χ1v) is 5.48. The molecule has 0 unspecified atom stereocenters. The zero-order chi connectivity index (χ0) is 11.1. The highest BCUT2D eigenvalue weighted by molar-refractivity contribution is 5.77. The van der Waals surface area contributed by atoms with Gasteiger partial charge in [0, 0.05) is 17.7 Å². The minimum atomic E-state index is 0.0623. The van der Waals surface area contributed by atoms with E-state index >= 15 is 0 Å². The summed E-state index contributed by atoms with van der Waals surface area (Å²) < 4.78 is 0. The summed E-state index contributed by atoms with van der Waals surface area (Å²) >= 11 is 0. The topological polar surface area (TPSA) is 30.0 Å². The maximum atomic E-state index is 11.0. The summed E-state index contributed by atoms with van der Waals surface area (Å²) in [6.07, 6.45) is 5.22. The van der Waals surface area contributed by atoms with Gasteiger partial charge in [-0.25, -0.2) is 0 Å². The number of aldehydes is 1. The quantitative estimate of drug-likeness (QED) is 0.691. The van der Waals surface area contributed by atoms with Crippen molar-refractivity contribution in [3.8, 4) is 0 Å². The van der Waals surface area contributed by atoms with Crippen molar-refractivity contribution in [3.63, 3.8) is 0 Å². The summed E-state index contributed by atoms with van der Waals surface area (Å²) in [5, 5.41) is 0. The Morgan fingerprint density at radius 3 is 2.53 bits per heavy atom. The van der Waals surface area contributed by atoms with Gasteiger partial charge < -0.3 is 0 Å². The van der Waals surface area contributed by atoms with E-state index in [1.807, 2.05) is 12.3 Å². The zero-order valence-electron chi connectivity index (χ0n) is 9.58. The molecule has 1 heterocycles. The molecular formula is C13H17NO. The molecule has 80 valence electrons. The van der Waals surface area contributed by atoms with Crippen molar-refractivity contribution in [2.75, 3.05) is 0 Å². The number of carbonyl (C=O) groups excluding carboxylic acids is 1. The van der Waals surface area contributed by atoms with Gasteiger partial charge in [0.05, 0.1) is 5.69 Å². The molecule has 0 N–H and O–H groups in total. The van der Waals surface area contributed by atoms with Gasteiger partial charge in [0.1, 0.15) is 0 Å². The first-order valence-electron chi connectivity index (χ1n) is 5.48. The fourth-order valence-electron chi connectivity index (χ4n) is 1.69. The van der Waals surface area contributed by atoms with Crippen LogP contribution in [0.3, 0.4) is 0 Å². The average Bonchev–Trinajstić information content (AvgIpc) is 2.98. The molecule has 1 aromatic rings. The Kier molecular flexibility index (Phi) is 2.37. The first-order chi connectivity index (χ1) is 7.02. The Morgan fingerprint density at radius 2 is 2.07 bits per heavy atom. The molecule has 15 heavy (non-hydrogen) atoms. The molecule has 2 rings (SSSR count). The Hall–Kier alpha value is -1.18. The Morgan fingerprint density at radius 1 is 1.40 bits per heavy atom. The molecule has 2 heteroatoms. The maximum absolute atomic E-state index is 11.0. The molecule has 0 radical (unpaired) electrons. The van der Waals surface area contributed by atoms with E-state index in [-0.39, 0.29) is 5.41 Å². The van der Waals surface area contributed by atoms with E-state index in [1.165, 1.54) is 12.8 Å². The molecule has 2 nitrogen and oxygen atoms in total. The van der Waals surface area contributed by atoms with Crippen LogP contribution < -0.4 is 0 Å². The Bertz CT molecular complexity index is 386.